The minimum Gasteiger partial charge on any atom is -0.276 e. The predicted molar refractivity (Wildman–Crippen MR) is 79.3 cm³/mol. The molecule has 0 heterocycles. The Morgan fingerprint density at radius 3 is 2.14 bits per heavy atom. The summed E-state index contributed by atoms with van der Waals surface area (Å²) in [5.41, 5.74) is 0.468. The number of aryl methyl sites for hydroxylation is 1. The van der Waals surface area contributed by atoms with E-state index in [4.69, 9.17) is 11.6 Å². The quantitative estimate of drug-likeness (QED) is 0.758. The van der Waals surface area contributed by atoms with E-state index >= 15 is 0 Å². The first-order valence-electron chi connectivity index (χ1n) is 6.39. The Morgan fingerprint density at radius 1 is 1.19 bits per heavy atom. The molecule has 8 heteroatoms. The van der Waals surface area contributed by atoms with E-state index in [0.717, 1.165) is 12.3 Å². The van der Waals surface area contributed by atoms with Gasteiger partial charge in [-0.2, -0.15) is 0 Å². The van der Waals surface area contributed by atoms with Gasteiger partial charge in [0.15, 0.2) is 19.7 Å². The van der Waals surface area contributed by atoms with Gasteiger partial charge in [-0.25, -0.2) is 16.8 Å². The molecule has 1 aliphatic carbocycles. The van der Waals surface area contributed by atoms with Gasteiger partial charge in [-0.3, -0.25) is 4.79 Å². The third kappa shape index (κ3) is 3.14. The summed E-state index contributed by atoms with van der Waals surface area (Å²) in [5, 5.41) is -1.33. The Labute approximate surface area is 129 Å². The van der Waals surface area contributed by atoms with Gasteiger partial charge in [0.25, 0.3) is 5.24 Å². The summed E-state index contributed by atoms with van der Waals surface area (Å²) in [6.45, 7) is 1.74. The SMILES string of the molecule is CCc1cc(S(=O)(=O)C2CC2)c(S(C)(=O)=O)cc1C(=O)Cl. The third-order valence-corrected chi connectivity index (χ3v) is 7.20. The van der Waals surface area contributed by atoms with E-state index in [1.54, 1.807) is 6.92 Å². The van der Waals surface area contributed by atoms with E-state index in [0.29, 0.717) is 24.8 Å². The lowest BCUT2D eigenvalue weighted by molar-refractivity contribution is 0.108. The Bertz CT molecular complexity index is 805. The molecule has 0 unspecified atom stereocenters. The van der Waals surface area contributed by atoms with E-state index in [1.165, 1.54) is 6.07 Å². The van der Waals surface area contributed by atoms with Gasteiger partial charge in [-0.1, -0.05) is 6.92 Å². The van der Waals surface area contributed by atoms with Crippen LogP contribution in [-0.4, -0.2) is 33.6 Å². The third-order valence-electron chi connectivity index (χ3n) is 3.43. The molecule has 1 saturated carbocycles. The van der Waals surface area contributed by atoms with Crippen LogP contribution >= 0.6 is 11.6 Å². The fraction of sp³-hybridized carbons (Fsp3) is 0.462. The van der Waals surface area contributed by atoms with Gasteiger partial charge in [0, 0.05) is 11.8 Å². The largest absolute Gasteiger partial charge is 0.276 e. The molecule has 0 aliphatic heterocycles. The highest BCUT2D eigenvalue weighted by Crippen LogP contribution is 2.37. The van der Waals surface area contributed by atoms with Crippen molar-refractivity contribution in [3.8, 4) is 0 Å². The van der Waals surface area contributed by atoms with E-state index < -0.39 is 30.2 Å². The van der Waals surface area contributed by atoms with Gasteiger partial charge >= 0.3 is 0 Å². The number of carbonyl (C=O) groups excluding carboxylic acids is 1. The predicted octanol–water partition coefficient (Wildman–Crippen LogP) is 1.97. The van der Waals surface area contributed by atoms with Crippen molar-refractivity contribution in [2.45, 2.75) is 41.2 Å². The summed E-state index contributed by atoms with van der Waals surface area (Å²) in [4.78, 5) is 10.9. The number of rotatable bonds is 5. The van der Waals surface area contributed by atoms with Crippen molar-refractivity contribution in [3.63, 3.8) is 0 Å². The molecule has 2 rings (SSSR count). The maximum absolute atomic E-state index is 12.4. The van der Waals surface area contributed by atoms with Crippen molar-refractivity contribution in [3.05, 3.63) is 23.3 Å². The molecule has 0 saturated heterocycles. The van der Waals surface area contributed by atoms with E-state index in [2.05, 4.69) is 0 Å². The van der Waals surface area contributed by atoms with Crippen LogP contribution in [0.2, 0.25) is 0 Å². The average molecular weight is 351 g/mol. The molecule has 116 valence electrons. The van der Waals surface area contributed by atoms with Crippen LogP contribution in [0.4, 0.5) is 0 Å². The van der Waals surface area contributed by atoms with Crippen molar-refractivity contribution >= 4 is 36.5 Å². The summed E-state index contributed by atoms with van der Waals surface area (Å²) in [7, 11) is -7.48. The fourth-order valence-corrected chi connectivity index (χ4v) is 5.64. The zero-order chi connectivity index (χ0) is 16.0. The lowest BCUT2D eigenvalue weighted by atomic mass is 10.1. The van der Waals surface area contributed by atoms with Crippen LogP contribution in [-0.2, 0) is 26.1 Å². The Morgan fingerprint density at radius 2 is 1.76 bits per heavy atom. The molecule has 0 bridgehead atoms. The number of halogens is 1. The molecule has 0 spiro atoms. The number of hydrogen-bond donors (Lipinski definition) is 0. The Kier molecular flexibility index (Phi) is 4.21. The summed E-state index contributed by atoms with van der Waals surface area (Å²) in [6.07, 6.45) is 2.36. The minimum absolute atomic E-state index is 0.0364. The van der Waals surface area contributed by atoms with Crippen molar-refractivity contribution in [1.29, 1.82) is 0 Å². The second-order valence-corrected chi connectivity index (χ2v) is 9.62. The molecule has 21 heavy (non-hydrogen) atoms. The Balaban J connectivity index is 2.83. The van der Waals surface area contributed by atoms with Crippen molar-refractivity contribution in [2.24, 2.45) is 0 Å². The molecule has 1 aromatic rings. The lowest BCUT2D eigenvalue weighted by Crippen LogP contribution is -2.15. The van der Waals surface area contributed by atoms with E-state index in [9.17, 15) is 21.6 Å². The van der Waals surface area contributed by atoms with Crippen LogP contribution < -0.4 is 0 Å². The molecule has 1 fully saturated rings. The van der Waals surface area contributed by atoms with Crippen LogP contribution in [0.25, 0.3) is 0 Å². The molecule has 5 nitrogen and oxygen atoms in total. The lowest BCUT2D eigenvalue weighted by Gasteiger charge is -2.13. The zero-order valence-electron chi connectivity index (χ0n) is 11.6. The standard InChI is InChI=1S/C13H15ClO5S2/c1-3-8-6-12(21(18,19)9-4-5-9)11(20(2,16)17)7-10(8)13(14)15/h6-7,9H,3-5H2,1-2H3. The topological polar surface area (TPSA) is 85.3 Å². The van der Waals surface area contributed by atoms with E-state index in [-0.39, 0.29) is 15.4 Å². The smallest absolute Gasteiger partial charge is 0.252 e. The monoisotopic (exact) mass is 350 g/mol. The highest BCUT2D eigenvalue weighted by molar-refractivity contribution is 7.94. The summed E-state index contributed by atoms with van der Waals surface area (Å²) in [6, 6.07) is 2.36. The van der Waals surface area contributed by atoms with Crippen LogP contribution in [0.3, 0.4) is 0 Å². The molecule has 0 atom stereocenters. The molecular weight excluding hydrogens is 336 g/mol. The molecule has 1 aliphatic rings. The van der Waals surface area contributed by atoms with Gasteiger partial charge in [0.05, 0.1) is 15.0 Å². The number of carbonyl (C=O) groups is 1. The summed E-state index contributed by atoms with van der Waals surface area (Å²) in [5.74, 6) is 0. The summed E-state index contributed by atoms with van der Waals surface area (Å²) < 4.78 is 48.7. The van der Waals surface area contributed by atoms with E-state index in [1.807, 2.05) is 0 Å². The van der Waals surface area contributed by atoms with Gasteiger partial charge in [0.1, 0.15) is 0 Å². The first kappa shape index (κ1) is 16.5. The second-order valence-electron chi connectivity index (χ2n) is 5.10. The molecule has 0 aromatic heterocycles. The second kappa shape index (κ2) is 5.37. The van der Waals surface area contributed by atoms with Gasteiger partial charge in [0.2, 0.25) is 0 Å². The zero-order valence-corrected chi connectivity index (χ0v) is 14.0. The van der Waals surface area contributed by atoms with Crippen molar-refractivity contribution < 1.29 is 21.6 Å². The number of sulfone groups is 2. The molecule has 1 aromatic carbocycles. The van der Waals surface area contributed by atoms with Crippen molar-refractivity contribution in [2.75, 3.05) is 6.26 Å². The van der Waals surface area contributed by atoms with Crippen LogP contribution in [0.1, 0.15) is 35.7 Å². The highest BCUT2D eigenvalue weighted by Gasteiger charge is 2.40. The molecule has 0 amide bonds. The van der Waals surface area contributed by atoms with Crippen LogP contribution in [0.15, 0.2) is 21.9 Å². The maximum atomic E-state index is 12.4. The van der Waals surface area contributed by atoms with Gasteiger partial charge in [-0.15, -0.1) is 0 Å². The average Bonchev–Trinajstić information content (AvgIpc) is 3.20. The first-order chi connectivity index (χ1) is 9.59. The van der Waals surface area contributed by atoms with Crippen LogP contribution in [0.5, 0.6) is 0 Å². The number of benzene rings is 1. The number of hydrogen-bond acceptors (Lipinski definition) is 5. The first-order valence-corrected chi connectivity index (χ1v) is 10.2. The maximum Gasteiger partial charge on any atom is 0.252 e. The molecule has 0 radical (unpaired) electrons. The summed E-state index contributed by atoms with van der Waals surface area (Å²) >= 11 is 5.47. The molecule has 0 N–H and O–H groups in total. The van der Waals surface area contributed by atoms with Crippen molar-refractivity contribution in [1.82, 2.24) is 0 Å². The van der Waals surface area contributed by atoms with Gasteiger partial charge < -0.3 is 0 Å². The van der Waals surface area contributed by atoms with Crippen LogP contribution in [0, 0.1) is 0 Å². The van der Waals surface area contributed by atoms with Gasteiger partial charge in [-0.05, 0) is 48.6 Å². The highest BCUT2D eigenvalue weighted by atomic mass is 35.5. The normalized spacial score (nSPS) is 16.0. The minimum atomic E-state index is -3.79. The Hall–Kier alpha value is -0.920. The fourth-order valence-electron chi connectivity index (χ4n) is 2.15. The molecular formula is C13H15ClO5S2.